The van der Waals surface area contributed by atoms with Gasteiger partial charge in [0.2, 0.25) is 5.89 Å². The molecule has 0 bridgehead atoms. The van der Waals surface area contributed by atoms with E-state index in [1.807, 2.05) is 23.6 Å². The first-order valence-corrected chi connectivity index (χ1v) is 5.27. The van der Waals surface area contributed by atoms with Crippen molar-refractivity contribution in [2.24, 2.45) is 0 Å². The standard InChI is InChI=1S/C10H7N3OS/c11-8-6(3-5-15-8)10-13-9-7(14-10)2-1-4-12-9/h1-5H,11H2. The van der Waals surface area contributed by atoms with Crippen LogP contribution in [0, 0.1) is 0 Å². The van der Waals surface area contributed by atoms with E-state index >= 15 is 0 Å². The van der Waals surface area contributed by atoms with Crippen molar-refractivity contribution >= 4 is 27.6 Å². The molecule has 0 aliphatic heterocycles. The number of anilines is 1. The van der Waals surface area contributed by atoms with Gasteiger partial charge in [-0.05, 0) is 23.6 Å². The Morgan fingerprint density at radius 3 is 3.00 bits per heavy atom. The number of fused-ring (bicyclic) bond motifs is 1. The van der Waals surface area contributed by atoms with Crippen LogP contribution in [0.2, 0.25) is 0 Å². The maximum absolute atomic E-state index is 5.79. The van der Waals surface area contributed by atoms with Crippen LogP contribution in [0.3, 0.4) is 0 Å². The second-order valence-electron chi connectivity index (χ2n) is 3.04. The number of nitrogens with two attached hydrogens (primary N) is 1. The number of pyridine rings is 1. The Morgan fingerprint density at radius 2 is 2.27 bits per heavy atom. The van der Waals surface area contributed by atoms with Gasteiger partial charge in [0, 0.05) is 6.20 Å². The van der Waals surface area contributed by atoms with E-state index in [0.717, 1.165) is 5.56 Å². The van der Waals surface area contributed by atoms with Crippen LogP contribution in [0.5, 0.6) is 0 Å². The minimum atomic E-state index is 0.530. The van der Waals surface area contributed by atoms with E-state index in [1.165, 1.54) is 11.3 Å². The Hall–Kier alpha value is -1.88. The molecule has 15 heavy (non-hydrogen) atoms. The first kappa shape index (κ1) is 8.43. The average Bonchev–Trinajstić information content (AvgIpc) is 2.82. The summed E-state index contributed by atoms with van der Waals surface area (Å²) < 4.78 is 5.55. The Labute approximate surface area is 89.4 Å². The van der Waals surface area contributed by atoms with Gasteiger partial charge in [-0.1, -0.05) is 0 Å². The maximum Gasteiger partial charge on any atom is 0.231 e. The molecule has 3 rings (SSSR count). The summed E-state index contributed by atoms with van der Waals surface area (Å²) >= 11 is 1.47. The van der Waals surface area contributed by atoms with E-state index in [2.05, 4.69) is 9.97 Å². The minimum absolute atomic E-state index is 0.530. The van der Waals surface area contributed by atoms with E-state index in [0.29, 0.717) is 22.1 Å². The highest BCUT2D eigenvalue weighted by atomic mass is 32.1. The molecule has 0 radical (unpaired) electrons. The second kappa shape index (κ2) is 3.06. The number of nitrogens with zero attached hydrogens (tertiary/aromatic N) is 2. The molecule has 74 valence electrons. The highest BCUT2D eigenvalue weighted by Gasteiger charge is 2.11. The van der Waals surface area contributed by atoms with Crippen LogP contribution in [0.25, 0.3) is 22.7 Å². The summed E-state index contributed by atoms with van der Waals surface area (Å²) in [5.74, 6) is 0.530. The van der Waals surface area contributed by atoms with Crippen molar-refractivity contribution in [3.05, 3.63) is 29.8 Å². The number of thiophene rings is 1. The third-order valence-electron chi connectivity index (χ3n) is 2.09. The summed E-state index contributed by atoms with van der Waals surface area (Å²) in [6, 6.07) is 5.54. The summed E-state index contributed by atoms with van der Waals surface area (Å²) in [6.07, 6.45) is 1.69. The van der Waals surface area contributed by atoms with Crippen LogP contribution in [-0.4, -0.2) is 9.97 Å². The molecule has 3 aromatic heterocycles. The molecule has 0 fully saturated rings. The monoisotopic (exact) mass is 217 g/mol. The number of nitrogen functional groups attached to an aromatic ring is 1. The molecule has 4 nitrogen and oxygen atoms in total. The molecular weight excluding hydrogens is 210 g/mol. The molecule has 0 aromatic carbocycles. The molecule has 0 aliphatic carbocycles. The Kier molecular flexibility index (Phi) is 1.72. The quantitative estimate of drug-likeness (QED) is 0.680. The molecule has 0 spiro atoms. The van der Waals surface area contributed by atoms with Gasteiger partial charge in [-0.25, -0.2) is 4.98 Å². The second-order valence-corrected chi connectivity index (χ2v) is 3.99. The third-order valence-corrected chi connectivity index (χ3v) is 2.84. The van der Waals surface area contributed by atoms with Crippen molar-refractivity contribution in [1.82, 2.24) is 9.97 Å². The van der Waals surface area contributed by atoms with E-state index < -0.39 is 0 Å². The molecule has 3 heterocycles. The Bertz CT molecular complexity index is 581. The highest BCUT2D eigenvalue weighted by molar-refractivity contribution is 7.14. The van der Waals surface area contributed by atoms with Crippen LogP contribution in [0.15, 0.2) is 34.2 Å². The van der Waals surface area contributed by atoms with Gasteiger partial charge < -0.3 is 10.2 Å². The molecule has 0 aliphatic rings. The predicted molar refractivity (Wildman–Crippen MR) is 59.5 cm³/mol. The molecule has 3 aromatic rings. The largest absolute Gasteiger partial charge is 0.434 e. The van der Waals surface area contributed by atoms with Crippen molar-refractivity contribution in [1.29, 1.82) is 0 Å². The van der Waals surface area contributed by atoms with E-state index in [4.69, 9.17) is 10.2 Å². The van der Waals surface area contributed by atoms with Crippen molar-refractivity contribution in [2.45, 2.75) is 0 Å². The maximum atomic E-state index is 5.79. The van der Waals surface area contributed by atoms with Crippen molar-refractivity contribution in [3.63, 3.8) is 0 Å². The lowest BCUT2D eigenvalue weighted by atomic mass is 10.3. The van der Waals surface area contributed by atoms with Crippen LogP contribution in [0.1, 0.15) is 0 Å². The summed E-state index contributed by atoms with van der Waals surface area (Å²) in [5.41, 5.74) is 7.91. The molecule has 0 unspecified atom stereocenters. The Balaban J connectivity index is 2.24. The molecule has 0 atom stereocenters. The fourth-order valence-corrected chi connectivity index (χ4v) is 2.01. The number of rotatable bonds is 1. The van der Waals surface area contributed by atoms with Crippen LogP contribution >= 0.6 is 11.3 Å². The molecular formula is C10H7N3OS. The average molecular weight is 217 g/mol. The van der Waals surface area contributed by atoms with Crippen molar-refractivity contribution in [3.8, 4) is 11.5 Å². The van der Waals surface area contributed by atoms with Gasteiger partial charge in [-0.2, -0.15) is 4.98 Å². The molecule has 0 amide bonds. The molecule has 5 heteroatoms. The summed E-state index contributed by atoms with van der Waals surface area (Å²) in [4.78, 5) is 8.36. The highest BCUT2D eigenvalue weighted by Crippen LogP contribution is 2.31. The molecule has 0 saturated heterocycles. The van der Waals surface area contributed by atoms with Gasteiger partial charge in [-0.3, -0.25) is 0 Å². The Morgan fingerprint density at radius 1 is 1.33 bits per heavy atom. The number of oxazole rings is 1. The first-order chi connectivity index (χ1) is 7.34. The summed E-state index contributed by atoms with van der Waals surface area (Å²) in [6.45, 7) is 0. The predicted octanol–water partition coefficient (Wildman–Crippen LogP) is 2.53. The van der Waals surface area contributed by atoms with Crippen LogP contribution < -0.4 is 5.73 Å². The number of hydrogen-bond acceptors (Lipinski definition) is 5. The fraction of sp³-hybridized carbons (Fsp3) is 0. The smallest absolute Gasteiger partial charge is 0.231 e. The molecule has 2 N–H and O–H groups in total. The number of aromatic nitrogens is 2. The summed E-state index contributed by atoms with van der Waals surface area (Å²) in [7, 11) is 0. The third kappa shape index (κ3) is 1.28. The topological polar surface area (TPSA) is 64.9 Å². The first-order valence-electron chi connectivity index (χ1n) is 4.39. The van der Waals surface area contributed by atoms with E-state index in [9.17, 15) is 0 Å². The van der Waals surface area contributed by atoms with Gasteiger partial charge in [0.25, 0.3) is 0 Å². The van der Waals surface area contributed by atoms with Gasteiger partial charge in [0.05, 0.1) is 10.6 Å². The lowest BCUT2D eigenvalue weighted by molar-refractivity contribution is 0.620. The zero-order chi connectivity index (χ0) is 10.3. The number of hydrogen-bond donors (Lipinski definition) is 1. The van der Waals surface area contributed by atoms with Gasteiger partial charge in [0.1, 0.15) is 0 Å². The van der Waals surface area contributed by atoms with Crippen LogP contribution in [0.4, 0.5) is 5.00 Å². The normalized spacial score (nSPS) is 10.9. The van der Waals surface area contributed by atoms with Crippen molar-refractivity contribution in [2.75, 3.05) is 5.73 Å². The minimum Gasteiger partial charge on any atom is -0.434 e. The van der Waals surface area contributed by atoms with Crippen molar-refractivity contribution < 1.29 is 4.42 Å². The van der Waals surface area contributed by atoms with Gasteiger partial charge in [-0.15, -0.1) is 11.3 Å². The van der Waals surface area contributed by atoms with Gasteiger partial charge >= 0.3 is 0 Å². The van der Waals surface area contributed by atoms with E-state index in [-0.39, 0.29) is 0 Å². The van der Waals surface area contributed by atoms with E-state index in [1.54, 1.807) is 6.20 Å². The zero-order valence-corrected chi connectivity index (χ0v) is 8.49. The SMILES string of the molecule is Nc1sccc1-c1nc2ncccc2o1. The lowest BCUT2D eigenvalue weighted by Crippen LogP contribution is -1.82. The lowest BCUT2D eigenvalue weighted by Gasteiger charge is -1.90. The summed E-state index contributed by atoms with van der Waals surface area (Å²) in [5, 5.41) is 2.62. The fourth-order valence-electron chi connectivity index (χ4n) is 1.38. The van der Waals surface area contributed by atoms with Crippen LogP contribution in [-0.2, 0) is 0 Å². The zero-order valence-electron chi connectivity index (χ0n) is 7.68. The van der Waals surface area contributed by atoms with Gasteiger partial charge in [0.15, 0.2) is 11.2 Å². The molecule has 0 saturated carbocycles.